The highest BCUT2D eigenvalue weighted by Crippen LogP contribution is 2.40. The zero-order chi connectivity index (χ0) is 13.4. The molecule has 104 valence electrons. The molecule has 3 heteroatoms. The van der Waals surface area contributed by atoms with Crippen molar-refractivity contribution in [2.24, 2.45) is 0 Å². The number of hydrogen-bond donors (Lipinski definition) is 1. The van der Waals surface area contributed by atoms with Crippen molar-refractivity contribution in [1.82, 2.24) is 15.1 Å². The summed E-state index contributed by atoms with van der Waals surface area (Å²) in [6.07, 6.45) is 8.32. The molecule has 2 aliphatic rings. The van der Waals surface area contributed by atoms with Crippen molar-refractivity contribution in [1.29, 1.82) is 0 Å². The van der Waals surface area contributed by atoms with Crippen LogP contribution >= 0.6 is 0 Å². The molecule has 1 N–H and O–H groups in total. The average molecular weight is 267 g/mol. The first kappa shape index (κ1) is 12.2. The molecule has 1 unspecified atom stereocenters. The van der Waals surface area contributed by atoms with Gasteiger partial charge in [-0.2, -0.15) is 5.10 Å². The van der Waals surface area contributed by atoms with Crippen LogP contribution in [-0.4, -0.2) is 22.4 Å². The maximum atomic E-state index is 4.52. The second kappa shape index (κ2) is 5.06. The van der Waals surface area contributed by atoms with Crippen LogP contribution in [0.2, 0.25) is 0 Å². The van der Waals surface area contributed by atoms with E-state index in [1.165, 1.54) is 49.2 Å². The Bertz CT molecular complexity index is 592. The van der Waals surface area contributed by atoms with Crippen molar-refractivity contribution in [2.75, 3.05) is 6.54 Å². The van der Waals surface area contributed by atoms with Gasteiger partial charge >= 0.3 is 0 Å². The van der Waals surface area contributed by atoms with Crippen molar-refractivity contribution >= 4 is 0 Å². The Labute approximate surface area is 120 Å². The standard InChI is InChI=1S/C17H21N3/c1-3-13(11-15-4-2-9-18-15)12-16(5-1)20-17(8-10-19-20)14-6-7-14/h1,3,5,8,10,12,14-15,18H,2,4,6-7,9,11H2. The van der Waals surface area contributed by atoms with Crippen LogP contribution in [0.5, 0.6) is 0 Å². The van der Waals surface area contributed by atoms with E-state index < -0.39 is 0 Å². The Morgan fingerprint density at radius 1 is 1.20 bits per heavy atom. The molecule has 1 aromatic heterocycles. The number of rotatable bonds is 4. The third-order valence-electron chi connectivity index (χ3n) is 4.47. The van der Waals surface area contributed by atoms with Gasteiger partial charge in [-0.1, -0.05) is 12.1 Å². The lowest BCUT2D eigenvalue weighted by Gasteiger charge is -2.12. The molecule has 1 aromatic carbocycles. The predicted octanol–water partition coefficient (Wildman–Crippen LogP) is 3.04. The molecule has 4 rings (SSSR count). The van der Waals surface area contributed by atoms with Gasteiger partial charge < -0.3 is 5.32 Å². The normalized spacial score (nSPS) is 22.3. The van der Waals surface area contributed by atoms with Gasteiger partial charge in [-0.3, -0.25) is 0 Å². The van der Waals surface area contributed by atoms with E-state index in [9.17, 15) is 0 Å². The van der Waals surface area contributed by atoms with Crippen molar-refractivity contribution in [3.63, 3.8) is 0 Å². The van der Waals surface area contributed by atoms with Crippen molar-refractivity contribution in [2.45, 2.75) is 44.1 Å². The van der Waals surface area contributed by atoms with Gasteiger partial charge in [-0.25, -0.2) is 4.68 Å². The molecule has 2 heterocycles. The Hall–Kier alpha value is -1.61. The maximum Gasteiger partial charge on any atom is 0.0651 e. The predicted molar refractivity (Wildman–Crippen MR) is 80.3 cm³/mol. The van der Waals surface area contributed by atoms with Crippen LogP contribution in [0.1, 0.15) is 42.9 Å². The molecule has 0 amide bonds. The minimum Gasteiger partial charge on any atom is -0.314 e. The molecule has 3 nitrogen and oxygen atoms in total. The third-order valence-corrected chi connectivity index (χ3v) is 4.47. The van der Waals surface area contributed by atoms with E-state index in [1.807, 2.05) is 6.20 Å². The lowest BCUT2D eigenvalue weighted by molar-refractivity contribution is 0.602. The lowest BCUT2D eigenvalue weighted by Crippen LogP contribution is -2.23. The molecule has 1 atom stereocenters. The first-order valence-electron chi connectivity index (χ1n) is 7.77. The van der Waals surface area contributed by atoms with E-state index in [0.29, 0.717) is 6.04 Å². The van der Waals surface area contributed by atoms with Gasteiger partial charge in [0.15, 0.2) is 0 Å². The summed E-state index contributed by atoms with van der Waals surface area (Å²) in [5.41, 5.74) is 4.01. The minimum absolute atomic E-state index is 0.658. The lowest BCUT2D eigenvalue weighted by atomic mass is 10.0. The zero-order valence-electron chi connectivity index (χ0n) is 11.8. The minimum atomic E-state index is 0.658. The summed E-state index contributed by atoms with van der Waals surface area (Å²) in [4.78, 5) is 0. The fraction of sp³-hybridized carbons (Fsp3) is 0.471. The van der Waals surface area contributed by atoms with Crippen LogP contribution in [0, 0.1) is 0 Å². The van der Waals surface area contributed by atoms with Crippen molar-refractivity contribution < 1.29 is 0 Å². The molecule has 1 saturated carbocycles. The van der Waals surface area contributed by atoms with Gasteiger partial charge in [0.1, 0.15) is 0 Å². The second-order valence-corrected chi connectivity index (χ2v) is 6.11. The fourth-order valence-corrected chi connectivity index (χ4v) is 3.25. The zero-order valence-corrected chi connectivity index (χ0v) is 11.8. The molecule has 0 bridgehead atoms. The first-order valence-corrected chi connectivity index (χ1v) is 7.77. The summed E-state index contributed by atoms with van der Waals surface area (Å²) >= 11 is 0. The highest BCUT2D eigenvalue weighted by atomic mass is 15.3. The average Bonchev–Trinajstić information content (AvgIpc) is 2.99. The number of nitrogens with one attached hydrogen (secondary N) is 1. The summed E-state index contributed by atoms with van der Waals surface area (Å²) < 4.78 is 2.13. The monoisotopic (exact) mass is 267 g/mol. The van der Waals surface area contributed by atoms with Crippen molar-refractivity contribution in [3.05, 3.63) is 47.8 Å². The Morgan fingerprint density at radius 2 is 2.15 bits per heavy atom. The first-order chi connectivity index (χ1) is 9.90. The molecule has 1 aliphatic carbocycles. The van der Waals surface area contributed by atoms with Gasteiger partial charge in [0.25, 0.3) is 0 Å². The number of hydrogen-bond acceptors (Lipinski definition) is 2. The van der Waals surface area contributed by atoms with E-state index >= 15 is 0 Å². The molecular weight excluding hydrogens is 246 g/mol. The topological polar surface area (TPSA) is 29.9 Å². The summed E-state index contributed by atoms with van der Waals surface area (Å²) in [6.45, 7) is 1.18. The second-order valence-electron chi connectivity index (χ2n) is 6.11. The molecule has 1 saturated heterocycles. The van der Waals surface area contributed by atoms with Gasteiger partial charge in [0, 0.05) is 23.9 Å². The van der Waals surface area contributed by atoms with E-state index in [2.05, 4.69) is 45.4 Å². The van der Waals surface area contributed by atoms with Crippen LogP contribution in [0.4, 0.5) is 0 Å². The van der Waals surface area contributed by atoms with Gasteiger partial charge in [0.05, 0.1) is 5.69 Å². The quantitative estimate of drug-likeness (QED) is 0.922. The summed E-state index contributed by atoms with van der Waals surface area (Å²) in [6, 6.07) is 11.7. The molecule has 2 fully saturated rings. The Kier molecular flexibility index (Phi) is 3.07. The summed E-state index contributed by atoms with van der Waals surface area (Å²) in [5, 5.41) is 8.10. The van der Waals surface area contributed by atoms with Crippen LogP contribution in [-0.2, 0) is 6.42 Å². The van der Waals surface area contributed by atoms with Crippen molar-refractivity contribution in [3.8, 4) is 5.69 Å². The highest BCUT2D eigenvalue weighted by Gasteiger charge is 2.27. The molecule has 0 radical (unpaired) electrons. The molecule has 2 aromatic rings. The number of aromatic nitrogens is 2. The Morgan fingerprint density at radius 3 is 2.95 bits per heavy atom. The third kappa shape index (κ3) is 2.38. The van der Waals surface area contributed by atoms with E-state index in [1.54, 1.807) is 0 Å². The van der Waals surface area contributed by atoms with Gasteiger partial charge in [0.2, 0.25) is 0 Å². The van der Waals surface area contributed by atoms with Gasteiger partial charge in [-0.15, -0.1) is 0 Å². The highest BCUT2D eigenvalue weighted by molar-refractivity contribution is 5.38. The fourth-order valence-electron chi connectivity index (χ4n) is 3.25. The van der Waals surface area contributed by atoms with Crippen LogP contribution < -0.4 is 5.32 Å². The number of benzene rings is 1. The summed E-state index contributed by atoms with van der Waals surface area (Å²) in [7, 11) is 0. The Balaban J connectivity index is 1.59. The number of nitrogens with zero attached hydrogens (tertiary/aromatic N) is 2. The van der Waals surface area contributed by atoms with Gasteiger partial charge in [-0.05, 0) is 62.4 Å². The van der Waals surface area contributed by atoms with Crippen LogP contribution in [0.15, 0.2) is 36.5 Å². The smallest absolute Gasteiger partial charge is 0.0651 e. The molecular formula is C17H21N3. The van der Waals surface area contributed by atoms with E-state index in [4.69, 9.17) is 0 Å². The van der Waals surface area contributed by atoms with E-state index in [-0.39, 0.29) is 0 Å². The largest absolute Gasteiger partial charge is 0.314 e. The summed E-state index contributed by atoms with van der Waals surface area (Å²) in [5.74, 6) is 0.734. The van der Waals surface area contributed by atoms with E-state index in [0.717, 1.165) is 12.3 Å². The maximum absolute atomic E-state index is 4.52. The molecule has 20 heavy (non-hydrogen) atoms. The SMILES string of the molecule is c1cc(CC2CCCN2)cc(-n2nccc2C2CC2)c1. The van der Waals surface area contributed by atoms with Crippen LogP contribution in [0.25, 0.3) is 5.69 Å². The van der Waals surface area contributed by atoms with Crippen LogP contribution in [0.3, 0.4) is 0 Å². The molecule has 0 spiro atoms. The molecule has 1 aliphatic heterocycles.